The molecule has 1 unspecified atom stereocenters. The van der Waals surface area contributed by atoms with Crippen LogP contribution in [-0.2, 0) is 9.59 Å². The fraction of sp³-hybridized carbons (Fsp3) is 0.259. The van der Waals surface area contributed by atoms with Gasteiger partial charge in [-0.3, -0.25) is 9.59 Å². The van der Waals surface area contributed by atoms with Crippen molar-refractivity contribution in [3.63, 3.8) is 0 Å². The number of carbonyl (C=O) groups is 2. The highest BCUT2D eigenvalue weighted by molar-refractivity contribution is 5.87. The van der Waals surface area contributed by atoms with Gasteiger partial charge in [0.05, 0.1) is 19.1 Å². The Kier molecular flexibility index (Phi) is 6.55. The van der Waals surface area contributed by atoms with Gasteiger partial charge < -0.3 is 14.5 Å². The molecule has 1 fully saturated rings. The van der Waals surface area contributed by atoms with Crippen LogP contribution in [0.3, 0.4) is 0 Å². The van der Waals surface area contributed by atoms with Gasteiger partial charge in [0.1, 0.15) is 5.75 Å². The number of hydrogen-bond acceptors (Lipinski definition) is 3. The molecular weight excluding hydrogens is 400 g/mol. The maximum absolute atomic E-state index is 13.9. The summed E-state index contributed by atoms with van der Waals surface area (Å²) >= 11 is 0. The number of benzene rings is 3. The predicted molar refractivity (Wildman–Crippen MR) is 124 cm³/mol. The van der Waals surface area contributed by atoms with Crippen molar-refractivity contribution < 1.29 is 14.3 Å². The summed E-state index contributed by atoms with van der Waals surface area (Å²) in [6.45, 7) is 2.99. The highest BCUT2D eigenvalue weighted by Crippen LogP contribution is 2.34. The fourth-order valence-corrected chi connectivity index (χ4v) is 4.52. The van der Waals surface area contributed by atoms with E-state index in [4.69, 9.17) is 4.74 Å². The van der Waals surface area contributed by atoms with Crippen molar-refractivity contribution >= 4 is 11.8 Å². The topological polar surface area (TPSA) is 49.9 Å². The van der Waals surface area contributed by atoms with Crippen molar-refractivity contribution in [2.24, 2.45) is 0 Å². The van der Waals surface area contributed by atoms with E-state index in [2.05, 4.69) is 0 Å². The van der Waals surface area contributed by atoms with E-state index in [0.717, 1.165) is 22.4 Å². The molecule has 0 aromatic heterocycles. The van der Waals surface area contributed by atoms with Gasteiger partial charge in [-0.25, -0.2) is 0 Å². The zero-order valence-corrected chi connectivity index (χ0v) is 18.5. The third kappa shape index (κ3) is 4.37. The maximum Gasteiger partial charge on any atom is 0.234 e. The minimum atomic E-state index is -0.389. The molecule has 0 spiro atoms. The standard InChI is InChI=1S/C27H28N2O3/c1-20(30)29-18-17-28(19-24(29)23-15-9-10-16-25(23)32-2)27(31)26(21-11-5-3-6-12-21)22-13-7-4-8-14-22/h3-16,24,26H,17-19H2,1-2H3. The van der Waals surface area contributed by atoms with E-state index < -0.39 is 0 Å². The molecule has 4 rings (SSSR count). The molecule has 0 aliphatic carbocycles. The normalized spacial score (nSPS) is 16.2. The number of hydrogen-bond donors (Lipinski definition) is 0. The molecule has 1 aliphatic heterocycles. The number of rotatable bonds is 5. The lowest BCUT2D eigenvalue weighted by Gasteiger charge is -2.42. The maximum atomic E-state index is 13.9. The van der Waals surface area contributed by atoms with Crippen LogP contribution >= 0.6 is 0 Å². The minimum absolute atomic E-state index is 0.00401. The second-order valence-electron chi connectivity index (χ2n) is 8.01. The summed E-state index contributed by atoms with van der Waals surface area (Å²) in [5.74, 6) is 0.376. The van der Waals surface area contributed by atoms with E-state index in [1.54, 1.807) is 14.0 Å². The van der Waals surface area contributed by atoms with Crippen molar-refractivity contribution in [1.29, 1.82) is 0 Å². The number of piperazine rings is 1. The summed E-state index contributed by atoms with van der Waals surface area (Å²) < 4.78 is 5.57. The van der Waals surface area contributed by atoms with Crippen LogP contribution < -0.4 is 4.74 Å². The van der Waals surface area contributed by atoms with Crippen LogP contribution in [0.25, 0.3) is 0 Å². The van der Waals surface area contributed by atoms with Gasteiger partial charge in [-0.05, 0) is 17.2 Å². The summed E-state index contributed by atoms with van der Waals surface area (Å²) in [6, 6.07) is 27.2. The molecular formula is C27H28N2O3. The van der Waals surface area contributed by atoms with Crippen LogP contribution in [0.2, 0.25) is 0 Å². The van der Waals surface area contributed by atoms with Gasteiger partial charge in [-0.15, -0.1) is 0 Å². The number of ether oxygens (including phenoxy) is 1. The lowest BCUT2D eigenvalue weighted by atomic mass is 9.89. The van der Waals surface area contributed by atoms with E-state index in [9.17, 15) is 9.59 Å². The zero-order chi connectivity index (χ0) is 22.5. The van der Waals surface area contributed by atoms with Gasteiger partial charge in [-0.1, -0.05) is 78.9 Å². The lowest BCUT2D eigenvalue weighted by Crippen LogP contribution is -2.53. The van der Waals surface area contributed by atoms with E-state index >= 15 is 0 Å². The molecule has 3 aromatic rings. The Morgan fingerprint density at radius 3 is 1.97 bits per heavy atom. The molecule has 0 saturated carbocycles. The summed E-state index contributed by atoms with van der Waals surface area (Å²) in [6.07, 6.45) is 0. The molecule has 0 N–H and O–H groups in total. The molecule has 3 aromatic carbocycles. The van der Waals surface area contributed by atoms with Gasteiger partial charge in [0, 0.05) is 32.1 Å². The Bertz CT molecular complexity index is 1030. The van der Waals surface area contributed by atoms with E-state index in [1.165, 1.54) is 0 Å². The third-order valence-corrected chi connectivity index (χ3v) is 6.11. The lowest BCUT2D eigenvalue weighted by molar-refractivity contribution is -0.142. The quantitative estimate of drug-likeness (QED) is 0.610. The predicted octanol–water partition coefficient (Wildman–Crippen LogP) is 4.26. The van der Waals surface area contributed by atoms with Gasteiger partial charge in [0.15, 0.2) is 0 Å². The van der Waals surface area contributed by atoms with Crippen molar-refractivity contribution in [2.75, 3.05) is 26.7 Å². The molecule has 5 heteroatoms. The Balaban J connectivity index is 1.69. The molecule has 5 nitrogen and oxygen atoms in total. The van der Waals surface area contributed by atoms with Gasteiger partial charge in [0.25, 0.3) is 0 Å². The highest BCUT2D eigenvalue weighted by atomic mass is 16.5. The monoisotopic (exact) mass is 428 g/mol. The van der Waals surface area contributed by atoms with Gasteiger partial charge in [-0.2, -0.15) is 0 Å². The van der Waals surface area contributed by atoms with Gasteiger partial charge >= 0.3 is 0 Å². The average molecular weight is 429 g/mol. The highest BCUT2D eigenvalue weighted by Gasteiger charge is 2.36. The Morgan fingerprint density at radius 2 is 1.41 bits per heavy atom. The second kappa shape index (κ2) is 9.69. The number of amides is 2. The molecule has 0 bridgehead atoms. The largest absolute Gasteiger partial charge is 0.496 e. The molecule has 2 amide bonds. The third-order valence-electron chi connectivity index (χ3n) is 6.11. The fourth-order valence-electron chi connectivity index (χ4n) is 4.52. The van der Waals surface area contributed by atoms with Crippen LogP contribution in [0.4, 0.5) is 0 Å². The summed E-state index contributed by atoms with van der Waals surface area (Å²) in [7, 11) is 1.63. The van der Waals surface area contributed by atoms with Crippen molar-refractivity contribution in [2.45, 2.75) is 18.9 Å². The van der Waals surface area contributed by atoms with Crippen LogP contribution in [0.1, 0.15) is 35.6 Å². The number of carbonyl (C=O) groups excluding carboxylic acids is 2. The first-order chi connectivity index (χ1) is 15.6. The second-order valence-corrected chi connectivity index (χ2v) is 8.01. The van der Waals surface area contributed by atoms with E-state index in [-0.39, 0.29) is 23.8 Å². The summed E-state index contributed by atoms with van der Waals surface area (Å²) in [5, 5.41) is 0. The molecule has 164 valence electrons. The van der Waals surface area contributed by atoms with E-state index in [1.807, 2.05) is 94.7 Å². The molecule has 1 atom stereocenters. The Morgan fingerprint density at radius 1 is 0.844 bits per heavy atom. The summed E-state index contributed by atoms with van der Waals surface area (Å²) in [5.41, 5.74) is 2.84. The van der Waals surface area contributed by atoms with Crippen molar-refractivity contribution in [1.82, 2.24) is 9.80 Å². The van der Waals surface area contributed by atoms with Crippen LogP contribution in [0.5, 0.6) is 5.75 Å². The van der Waals surface area contributed by atoms with Crippen LogP contribution in [-0.4, -0.2) is 48.4 Å². The first-order valence-electron chi connectivity index (χ1n) is 10.9. The number of methoxy groups -OCH3 is 1. The SMILES string of the molecule is COc1ccccc1C1CN(C(=O)C(c2ccccc2)c2ccccc2)CCN1C(C)=O. The number of para-hydroxylation sites is 1. The molecule has 1 saturated heterocycles. The van der Waals surface area contributed by atoms with Gasteiger partial charge in [0.2, 0.25) is 11.8 Å². The van der Waals surface area contributed by atoms with Crippen molar-refractivity contribution in [3.8, 4) is 5.75 Å². The Labute approximate surface area is 189 Å². The summed E-state index contributed by atoms with van der Waals surface area (Å²) in [4.78, 5) is 30.0. The first kappa shape index (κ1) is 21.6. The molecule has 1 heterocycles. The van der Waals surface area contributed by atoms with E-state index in [0.29, 0.717) is 19.6 Å². The average Bonchev–Trinajstić information content (AvgIpc) is 2.85. The Hall–Kier alpha value is -3.60. The molecule has 1 aliphatic rings. The minimum Gasteiger partial charge on any atom is -0.496 e. The van der Waals surface area contributed by atoms with Crippen LogP contribution in [0.15, 0.2) is 84.9 Å². The van der Waals surface area contributed by atoms with Crippen LogP contribution in [0, 0.1) is 0 Å². The zero-order valence-electron chi connectivity index (χ0n) is 18.5. The molecule has 32 heavy (non-hydrogen) atoms. The smallest absolute Gasteiger partial charge is 0.234 e. The number of nitrogens with zero attached hydrogens (tertiary/aromatic N) is 2. The first-order valence-corrected chi connectivity index (χ1v) is 10.9. The molecule has 0 radical (unpaired) electrons. The van der Waals surface area contributed by atoms with Crippen molar-refractivity contribution in [3.05, 3.63) is 102 Å².